The maximum atomic E-state index is 13.4. The van der Waals surface area contributed by atoms with Crippen LogP contribution >= 0.6 is 0 Å². The summed E-state index contributed by atoms with van der Waals surface area (Å²) in [4.78, 5) is 23.7. The standard InChI is InChI=1S/C22H19F3N2O3/c1-13-10-17(20(28)26-12-15-6-5-7-16(11-15)21(29)30)14(2)27(13)19-9-4-3-8-18(19)22(23,24)25/h3-11H,12H2,1-2H3,(H,26,28)(H,29,30). The van der Waals surface area contributed by atoms with Crippen molar-refractivity contribution in [2.45, 2.75) is 26.6 Å². The summed E-state index contributed by atoms with van der Waals surface area (Å²) < 4.78 is 41.7. The molecule has 2 N–H and O–H groups in total. The highest BCUT2D eigenvalue weighted by atomic mass is 19.4. The van der Waals surface area contributed by atoms with Crippen LogP contribution in [0.5, 0.6) is 0 Å². The molecule has 30 heavy (non-hydrogen) atoms. The van der Waals surface area contributed by atoms with Gasteiger partial charge in [-0.25, -0.2) is 4.79 Å². The molecular weight excluding hydrogens is 397 g/mol. The monoisotopic (exact) mass is 416 g/mol. The van der Waals surface area contributed by atoms with Gasteiger partial charge in [-0.3, -0.25) is 4.79 Å². The minimum Gasteiger partial charge on any atom is -0.478 e. The number of halogens is 3. The van der Waals surface area contributed by atoms with Crippen molar-refractivity contribution in [2.75, 3.05) is 0 Å². The fourth-order valence-corrected chi connectivity index (χ4v) is 3.36. The minimum atomic E-state index is -4.53. The van der Waals surface area contributed by atoms with Gasteiger partial charge < -0.3 is 15.0 Å². The molecule has 0 unspecified atom stereocenters. The van der Waals surface area contributed by atoms with Gasteiger partial charge in [-0.15, -0.1) is 0 Å². The third kappa shape index (κ3) is 4.22. The number of hydrogen-bond acceptors (Lipinski definition) is 2. The first-order chi connectivity index (χ1) is 14.1. The number of para-hydroxylation sites is 1. The third-order valence-corrected chi connectivity index (χ3v) is 4.75. The van der Waals surface area contributed by atoms with E-state index < -0.39 is 23.6 Å². The number of benzene rings is 2. The first kappa shape index (κ1) is 21.2. The van der Waals surface area contributed by atoms with Gasteiger partial charge in [-0.1, -0.05) is 24.3 Å². The van der Waals surface area contributed by atoms with E-state index in [0.717, 1.165) is 6.07 Å². The molecule has 0 saturated carbocycles. The number of alkyl halides is 3. The Kier molecular flexibility index (Phi) is 5.69. The van der Waals surface area contributed by atoms with Gasteiger partial charge in [0.1, 0.15) is 0 Å². The fourth-order valence-electron chi connectivity index (χ4n) is 3.36. The highest BCUT2D eigenvalue weighted by molar-refractivity contribution is 5.96. The highest BCUT2D eigenvalue weighted by Gasteiger charge is 2.34. The first-order valence-corrected chi connectivity index (χ1v) is 9.05. The summed E-state index contributed by atoms with van der Waals surface area (Å²) in [6.45, 7) is 3.30. The summed E-state index contributed by atoms with van der Waals surface area (Å²) in [5.74, 6) is -1.53. The molecule has 0 atom stereocenters. The number of nitrogens with one attached hydrogen (secondary N) is 1. The molecule has 2 aromatic carbocycles. The fraction of sp³-hybridized carbons (Fsp3) is 0.182. The molecule has 3 rings (SSSR count). The lowest BCUT2D eigenvalue weighted by Gasteiger charge is -2.16. The molecule has 0 aliphatic rings. The van der Waals surface area contributed by atoms with Crippen molar-refractivity contribution in [1.29, 1.82) is 0 Å². The molecule has 0 saturated heterocycles. The van der Waals surface area contributed by atoms with Crippen LogP contribution in [0.4, 0.5) is 13.2 Å². The zero-order chi connectivity index (χ0) is 22.1. The number of aromatic carboxylic acids is 1. The topological polar surface area (TPSA) is 71.3 Å². The molecule has 1 aromatic heterocycles. The van der Waals surface area contributed by atoms with Gasteiger partial charge in [0, 0.05) is 17.9 Å². The molecule has 1 heterocycles. The summed E-state index contributed by atoms with van der Waals surface area (Å²) >= 11 is 0. The maximum absolute atomic E-state index is 13.4. The van der Waals surface area contributed by atoms with Gasteiger partial charge in [0.15, 0.2) is 0 Å². The van der Waals surface area contributed by atoms with Crippen molar-refractivity contribution >= 4 is 11.9 Å². The number of hydrogen-bond donors (Lipinski definition) is 2. The van der Waals surface area contributed by atoms with Crippen molar-refractivity contribution in [3.05, 3.63) is 88.2 Å². The van der Waals surface area contributed by atoms with E-state index in [4.69, 9.17) is 5.11 Å². The molecule has 3 aromatic rings. The zero-order valence-corrected chi connectivity index (χ0v) is 16.2. The quantitative estimate of drug-likeness (QED) is 0.631. The zero-order valence-electron chi connectivity index (χ0n) is 16.2. The van der Waals surface area contributed by atoms with Crippen molar-refractivity contribution in [1.82, 2.24) is 9.88 Å². The second kappa shape index (κ2) is 8.06. The molecular formula is C22H19F3N2O3. The smallest absolute Gasteiger partial charge is 0.418 e. The van der Waals surface area contributed by atoms with Gasteiger partial charge in [-0.05, 0) is 49.7 Å². The second-order valence-electron chi connectivity index (χ2n) is 6.82. The maximum Gasteiger partial charge on any atom is 0.418 e. The number of rotatable bonds is 5. The number of carboxylic acid groups (broad SMARTS) is 1. The summed E-state index contributed by atoms with van der Waals surface area (Å²) in [6, 6.07) is 12.9. The molecule has 156 valence electrons. The Bertz CT molecular complexity index is 1120. The summed E-state index contributed by atoms with van der Waals surface area (Å²) in [7, 11) is 0. The number of carbonyl (C=O) groups excluding carboxylic acids is 1. The number of nitrogens with zero attached hydrogens (tertiary/aromatic N) is 1. The predicted molar refractivity (Wildman–Crippen MR) is 105 cm³/mol. The Balaban J connectivity index is 1.89. The average molecular weight is 416 g/mol. The Hall–Kier alpha value is -3.55. The van der Waals surface area contributed by atoms with Crippen LogP contribution in [0.3, 0.4) is 0 Å². The number of carbonyl (C=O) groups is 2. The lowest BCUT2D eigenvalue weighted by Crippen LogP contribution is -2.23. The molecule has 0 fully saturated rings. The van der Waals surface area contributed by atoms with E-state index in [1.165, 1.54) is 41.0 Å². The molecule has 0 aliphatic heterocycles. The van der Waals surface area contributed by atoms with E-state index in [0.29, 0.717) is 17.0 Å². The van der Waals surface area contributed by atoms with Crippen LogP contribution in [0.1, 0.15) is 43.2 Å². The first-order valence-electron chi connectivity index (χ1n) is 9.05. The molecule has 0 spiro atoms. The molecule has 1 amide bonds. The molecule has 0 bridgehead atoms. The summed E-state index contributed by atoms with van der Waals surface area (Å²) in [5, 5.41) is 11.7. The highest BCUT2D eigenvalue weighted by Crippen LogP contribution is 2.35. The SMILES string of the molecule is Cc1cc(C(=O)NCc2cccc(C(=O)O)c2)c(C)n1-c1ccccc1C(F)(F)F. The van der Waals surface area contributed by atoms with Crippen LogP contribution in [0.15, 0.2) is 54.6 Å². The van der Waals surface area contributed by atoms with E-state index in [1.807, 2.05) is 0 Å². The average Bonchev–Trinajstić information content (AvgIpc) is 2.99. The van der Waals surface area contributed by atoms with Crippen LogP contribution in [0, 0.1) is 13.8 Å². The summed E-state index contributed by atoms with van der Waals surface area (Å²) in [6.07, 6.45) is -4.53. The lowest BCUT2D eigenvalue weighted by molar-refractivity contribution is -0.137. The van der Waals surface area contributed by atoms with E-state index in [2.05, 4.69) is 5.32 Å². The van der Waals surface area contributed by atoms with Crippen LogP contribution in [-0.4, -0.2) is 21.6 Å². The van der Waals surface area contributed by atoms with Crippen LogP contribution in [-0.2, 0) is 12.7 Å². The number of aromatic nitrogens is 1. The van der Waals surface area contributed by atoms with Gasteiger partial charge in [-0.2, -0.15) is 13.2 Å². The van der Waals surface area contributed by atoms with Crippen molar-refractivity contribution in [2.24, 2.45) is 0 Å². The van der Waals surface area contributed by atoms with Gasteiger partial charge in [0.25, 0.3) is 5.91 Å². The van der Waals surface area contributed by atoms with E-state index in [9.17, 15) is 22.8 Å². The normalized spacial score (nSPS) is 11.4. The van der Waals surface area contributed by atoms with Crippen LogP contribution < -0.4 is 5.32 Å². The Morgan fingerprint density at radius 2 is 1.73 bits per heavy atom. The van der Waals surface area contributed by atoms with Crippen molar-refractivity contribution in [3.8, 4) is 5.69 Å². The molecule has 5 nitrogen and oxygen atoms in total. The predicted octanol–water partition coefficient (Wildman–Crippen LogP) is 4.74. The Morgan fingerprint density at radius 1 is 1.03 bits per heavy atom. The second-order valence-corrected chi connectivity index (χ2v) is 6.82. The third-order valence-electron chi connectivity index (χ3n) is 4.75. The summed E-state index contributed by atoms with van der Waals surface area (Å²) in [5.41, 5.74) is 0.975. The molecule has 8 heteroatoms. The van der Waals surface area contributed by atoms with Crippen LogP contribution in [0.25, 0.3) is 5.69 Å². The number of aryl methyl sites for hydroxylation is 1. The van der Waals surface area contributed by atoms with Crippen LogP contribution in [0.2, 0.25) is 0 Å². The molecule has 0 radical (unpaired) electrons. The van der Waals surface area contributed by atoms with Gasteiger partial charge >= 0.3 is 12.1 Å². The Morgan fingerprint density at radius 3 is 2.40 bits per heavy atom. The van der Waals surface area contributed by atoms with Crippen molar-refractivity contribution < 1.29 is 27.9 Å². The largest absolute Gasteiger partial charge is 0.478 e. The minimum absolute atomic E-state index is 0.0480. The molecule has 0 aliphatic carbocycles. The number of amides is 1. The van der Waals surface area contributed by atoms with E-state index in [-0.39, 0.29) is 23.4 Å². The number of carboxylic acids is 1. The van der Waals surface area contributed by atoms with E-state index in [1.54, 1.807) is 26.0 Å². The Labute approximate surface area is 170 Å². The van der Waals surface area contributed by atoms with Gasteiger partial charge in [0.05, 0.1) is 22.4 Å². The van der Waals surface area contributed by atoms with Crippen molar-refractivity contribution in [3.63, 3.8) is 0 Å². The van der Waals surface area contributed by atoms with E-state index >= 15 is 0 Å². The van der Waals surface area contributed by atoms with Gasteiger partial charge in [0.2, 0.25) is 0 Å². The lowest BCUT2D eigenvalue weighted by atomic mass is 10.1.